The molecule has 0 saturated heterocycles. The number of imidazole rings is 1. The van der Waals surface area contributed by atoms with Gasteiger partial charge in [-0.1, -0.05) is 188 Å². The molecule has 1 aliphatic rings. The number of fused-ring (bicyclic) bond motifs is 8. The van der Waals surface area contributed by atoms with Gasteiger partial charge < -0.3 is 0 Å². The molecule has 2 heterocycles. The number of hydrogen-bond acceptors (Lipinski definition) is 2. The van der Waals surface area contributed by atoms with Crippen LogP contribution in [-0.4, -0.2) is 14.5 Å². The summed E-state index contributed by atoms with van der Waals surface area (Å²) >= 11 is 0. The molecule has 280 valence electrons. The first kappa shape index (κ1) is 34.2. The van der Waals surface area contributed by atoms with E-state index in [1.807, 2.05) is 12.1 Å². The zero-order valence-corrected chi connectivity index (χ0v) is 32.7. The van der Waals surface area contributed by atoms with Crippen LogP contribution in [0.2, 0.25) is 0 Å². The van der Waals surface area contributed by atoms with Crippen LogP contribution in [0.4, 0.5) is 0 Å². The second kappa shape index (κ2) is 13.6. The first-order valence-corrected chi connectivity index (χ1v) is 20.6. The summed E-state index contributed by atoms with van der Waals surface area (Å²) in [5, 5.41) is 3.54. The Labute approximate surface area is 348 Å². The first-order chi connectivity index (χ1) is 29.8. The molecule has 9 aromatic carbocycles. The molecule has 11 aromatic rings. The number of aromatic nitrogens is 3. The van der Waals surface area contributed by atoms with Gasteiger partial charge in [-0.15, -0.1) is 0 Å². The fourth-order valence-electron chi connectivity index (χ4n) is 9.90. The van der Waals surface area contributed by atoms with Crippen molar-refractivity contribution in [3.63, 3.8) is 0 Å². The lowest BCUT2D eigenvalue weighted by atomic mass is 9.67. The van der Waals surface area contributed by atoms with Crippen LogP contribution in [0.5, 0.6) is 0 Å². The minimum atomic E-state index is -0.504. The molecular weight excluding hydrogens is 727 g/mol. The monoisotopic (exact) mass is 763 g/mol. The van der Waals surface area contributed by atoms with E-state index in [4.69, 9.17) is 9.97 Å². The van der Waals surface area contributed by atoms with E-state index in [1.165, 1.54) is 44.2 Å². The molecule has 0 unspecified atom stereocenters. The van der Waals surface area contributed by atoms with Gasteiger partial charge in [-0.05, 0) is 86.3 Å². The van der Waals surface area contributed by atoms with Crippen molar-refractivity contribution in [3.8, 4) is 50.6 Å². The third-order valence-electron chi connectivity index (χ3n) is 12.5. The predicted molar refractivity (Wildman–Crippen MR) is 247 cm³/mol. The topological polar surface area (TPSA) is 30.7 Å². The van der Waals surface area contributed by atoms with Crippen molar-refractivity contribution in [2.75, 3.05) is 0 Å². The minimum absolute atomic E-state index is 0.504. The molecule has 2 aromatic heterocycles. The fourth-order valence-corrected chi connectivity index (χ4v) is 9.90. The number of pyridine rings is 1. The zero-order chi connectivity index (χ0) is 39.6. The highest BCUT2D eigenvalue weighted by Crippen LogP contribution is 2.59. The first-order valence-electron chi connectivity index (χ1n) is 20.6. The number of benzene rings is 9. The smallest absolute Gasteiger partial charge is 0.145 e. The van der Waals surface area contributed by atoms with Gasteiger partial charge in [-0.25, -0.2) is 9.97 Å². The van der Waals surface area contributed by atoms with Gasteiger partial charge in [0.1, 0.15) is 5.82 Å². The van der Waals surface area contributed by atoms with Crippen molar-refractivity contribution >= 4 is 32.7 Å². The molecule has 0 atom stereocenters. The quantitative estimate of drug-likeness (QED) is 0.158. The Morgan fingerprint density at radius 1 is 0.383 bits per heavy atom. The van der Waals surface area contributed by atoms with Gasteiger partial charge in [0.2, 0.25) is 0 Å². The fraction of sp³-hybridized carbons (Fsp3) is 0.0175. The van der Waals surface area contributed by atoms with Crippen molar-refractivity contribution in [1.82, 2.24) is 14.5 Å². The molecule has 1 aliphatic carbocycles. The maximum atomic E-state index is 5.56. The summed E-state index contributed by atoms with van der Waals surface area (Å²) in [6.45, 7) is 0. The minimum Gasteiger partial charge on any atom is -0.292 e. The Morgan fingerprint density at radius 3 is 1.77 bits per heavy atom. The van der Waals surface area contributed by atoms with Crippen molar-refractivity contribution in [2.24, 2.45) is 0 Å². The van der Waals surface area contributed by atoms with Gasteiger partial charge in [0, 0.05) is 27.6 Å². The van der Waals surface area contributed by atoms with Crippen LogP contribution in [0, 0.1) is 0 Å². The largest absolute Gasteiger partial charge is 0.292 e. The van der Waals surface area contributed by atoms with E-state index < -0.39 is 5.41 Å². The molecule has 0 fully saturated rings. The number of rotatable bonds is 6. The van der Waals surface area contributed by atoms with Crippen LogP contribution in [0.1, 0.15) is 22.3 Å². The van der Waals surface area contributed by atoms with E-state index in [1.54, 1.807) is 0 Å². The highest BCUT2D eigenvalue weighted by molar-refractivity contribution is 6.18. The molecule has 12 rings (SSSR count). The third-order valence-corrected chi connectivity index (χ3v) is 12.5. The summed E-state index contributed by atoms with van der Waals surface area (Å²) < 4.78 is 2.26. The van der Waals surface area contributed by atoms with Gasteiger partial charge in [0.05, 0.1) is 27.7 Å². The highest BCUT2D eigenvalue weighted by Gasteiger charge is 2.47. The van der Waals surface area contributed by atoms with Gasteiger partial charge >= 0.3 is 0 Å². The van der Waals surface area contributed by atoms with Crippen LogP contribution in [0.25, 0.3) is 83.3 Å². The van der Waals surface area contributed by atoms with E-state index in [2.05, 4.69) is 217 Å². The number of nitrogens with zero attached hydrogens (tertiary/aromatic N) is 3. The Bertz CT molecular complexity index is 3360. The van der Waals surface area contributed by atoms with E-state index in [-0.39, 0.29) is 0 Å². The molecule has 0 radical (unpaired) electrons. The van der Waals surface area contributed by atoms with Gasteiger partial charge in [-0.3, -0.25) is 4.57 Å². The van der Waals surface area contributed by atoms with E-state index in [0.717, 1.165) is 61.4 Å². The van der Waals surface area contributed by atoms with Crippen molar-refractivity contribution in [1.29, 1.82) is 0 Å². The number of para-hydroxylation sites is 3. The third kappa shape index (κ3) is 5.09. The lowest BCUT2D eigenvalue weighted by Gasteiger charge is -2.34. The molecule has 0 amide bonds. The van der Waals surface area contributed by atoms with E-state index in [9.17, 15) is 0 Å². The van der Waals surface area contributed by atoms with Crippen molar-refractivity contribution < 1.29 is 0 Å². The molecule has 0 N–H and O–H groups in total. The Kier molecular flexibility index (Phi) is 7.76. The number of hydrogen-bond donors (Lipinski definition) is 0. The summed E-state index contributed by atoms with van der Waals surface area (Å²) in [7, 11) is 0. The lowest BCUT2D eigenvalue weighted by molar-refractivity contribution is 0.769. The highest BCUT2D eigenvalue weighted by atomic mass is 15.1. The summed E-state index contributed by atoms with van der Waals surface area (Å²) in [4.78, 5) is 10.6. The summed E-state index contributed by atoms with van der Waals surface area (Å²) in [5.74, 6) is 0.929. The second-order valence-electron chi connectivity index (χ2n) is 15.7. The van der Waals surface area contributed by atoms with Gasteiger partial charge in [0.25, 0.3) is 0 Å². The maximum absolute atomic E-state index is 5.56. The standard InChI is InChI=1S/C57H37N3/c1-4-17-39(18-5-1)56-59-51-29-14-15-30-52(51)60(56)44-33-31-38(32-34-44)40-19-16-20-41(37-40)55-54-46(45-25-11-13-28-50(45)58-55)35-36-49-53(54)47-26-10-12-27-48(47)57(49,42-21-6-2-7-22-42)43-23-8-3-9-24-43/h1-37H. The molecular formula is C57H37N3. The SMILES string of the molecule is c1ccc(-c2nc3ccccc3n2-c2ccc(-c3cccc(-c4nc5ccccc5c5ccc6c(c45)-c4ccccc4C6(c4ccccc4)c4ccccc4)c3)cc2)cc1. The van der Waals surface area contributed by atoms with Crippen LogP contribution >= 0.6 is 0 Å². The molecule has 60 heavy (non-hydrogen) atoms. The summed E-state index contributed by atoms with van der Waals surface area (Å²) in [5.41, 5.74) is 16.6. The Balaban J connectivity index is 1.06. The van der Waals surface area contributed by atoms with E-state index >= 15 is 0 Å². The average molecular weight is 764 g/mol. The molecule has 0 bridgehead atoms. The van der Waals surface area contributed by atoms with Crippen molar-refractivity contribution in [2.45, 2.75) is 5.41 Å². The molecule has 0 saturated carbocycles. The van der Waals surface area contributed by atoms with Crippen LogP contribution in [-0.2, 0) is 5.41 Å². The zero-order valence-electron chi connectivity index (χ0n) is 32.7. The summed E-state index contributed by atoms with van der Waals surface area (Å²) in [6.07, 6.45) is 0. The Hall–Kier alpha value is -7.88. The van der Waals surface area contributed by atoms with Crippen LogP contribution in [0.3, 0.4) is 0 Å². The lowest BCUT2D eigenvalue weighted by Crippen LogP contribution is -2.28. The second-order valence-corrected chi connectivity index (χ2v) is 15.7. The Morgan fingerprint density at radius 2 is 1.00 bits per heavy atom. The van der Waals surface area contributed by atoms with Crippen LogP contribution < -0.4 is 0 Å². The van der Waals surface area contributed by atoms with E-state index in [0.29, 0.717) is 0 Å². The molecule has 3 heteroatoms. The molecule has 3 nitrogen and oxygen atoms in total. The molecule has 0 spiro atoms. The molecule has 0 aliphatic heterocycles. The normalized spacial score (nSPS) is 12.8. The predicted octanol–water partition coefficient (Wildman–Crippen LogP) is 14.1. The average Bonchev–Trinajstić information content (AvgIpc) is 3.87. The maximum Gasteiger partial charge on any atom is 0.145 e. The summed E-state index contributed by atoms with van der Waals surface area (Å²) in [6, 6.07) is 80.9. The van der Waals surface area contributed by atoms with Gasteiger partial charge in [-0.2, -0.15) is 0 Å². The van der Waals surface area contributed by atoms with Gasteiger partial charge in [0.15, 0.2) is 0 Å². The van der Waals surface area contributed by atoms with Crippen LogP contribution in [0.15, 0.2) is 224 Å². The van der Waals surface area contributed by atoms with Crippen molar-refractivity contribution in [3.05, 3.63) is 247 Å².